The summed E-state index contributed by atoms with van der Waals surface area (Å²) < 4.78 is 0. The van der Waals surface area contributed by atoms with Gasteiger partial charge in [0.2, 0.25) is 0 Å². The summed E-state index contributed by atoms with van der Waals surface area (Å²) in [7, 11) is 0. The Labute approximate surface area is 132 Å². The fraction of sp³-hybridized carbons (Fsp3) is 1.00. The minimum atomic E-state index is 0. The maximum Gasteiger partial charge on any atom is 3.00 e. The van der Waals surface area contributed by atoms with Crippen LogP contribution in [0.25, 0.3) is 0 Å². The van der Waals surface area contributed by atoms with Gasteiger partial charge < -0.3 is 15.3 Å². The second-order valence-corrected chi connectivity index (χ2v) is 3.17. The van der Waals surface area contributed by atoms with E-state index >= 15 is 0 Å². The molecule has 16 heavy (non-hydrogen) atoms. The normalized spacial score (nSPS) is 7.88. The summed E-state index contributed by atoms with van der Waals surface area (Å²) >= 11 is 0. The molecular weight excluding hydrogens is 355 g/mol. The molecule has 0 saturated heterocycles. The van der Waals surface area contributed by atoms with Crippen molar-refractivity contribution in [3.8, 4) is 0 Å². The molecule has 0 saturated carbocycles. The van der Waals surface area contributed by atoms with E-state index < -0.39 is 0 Å². The molecule has 0 aromatic heterocycles. The van der Waals surface area contributed by atoms with E-state index in [1.54, 1.807) is 0 Å². The molecule has 0 heterocycles. The van der Waals surface area contributed by atoms with Crippen LogP contribution >= 0.6 is 0 Å². The zero-order valence-electron chi connectivity index (χ0n) is 10.9. The molecule has 0 aliphatic carbocycles. The summed E-state index contributed by atoms with van der Waals surface area (Å²) in [6, 6.07) is 0. The van der Waals surface area contributed by atoms with Crippen LogP contribution < -0.4 is 15.3 Å². The van der Waals surface area contributed by atoms with E-state index in [2.05, 4.69) is 0 Å². The van der Waals surface area contributed by atoms with Gasteiger partial charge in [-0.15, -0.1) is 19.8 Å². The number of unbranched alkanes of at least 4 members (excludes halogenated alkanes) is 3. The molecule has 103 valence electrons. The van der Waals surface area contributed by atoms with E-state index in [0.29, 0.717) is 0 Å². The van der Waals surface area contributed by atoms with Crippen molar-refractivity contribution < 1.29 is 53.5 Å². The molecule has 0 amide bonds. The van der Waals surface area contributed by atoms with Crippen molar-refractivity contribution >= 4 is 0 Å². The molecule has 0 aromatic carbocycles. The molecule has 0 aliphatic rings. The minimum absolute atomic E-state index is 0. The Morgan fingerprint density at radius 1 is 0.562 bits per heavy atom. The van der Waals surface area contributed by atoms with Gasteiger partial charge in [0, 0.05) is 0 Å². The third-order valence-electron chi connectivity index (χ3n) is 1.49. The summed E-state index contributed by atoms with van der Waals surface area (Å²) in [5.41, 5.74) is 0. The summed E-state index contributed by atoms with van der Waals surface area (Å²) in [6.07, 6.45) is 5.59. The van der Waals surface area contributed by atoms with Crippen molar-refractivity contribution in [1.29, 1.82) is 0 Å². The van der Waals surface area contributed by atoms with Crippen LogP contribution in [0, 0.1) is 38.2 Å². The Morgan fingerprint density at radius 3 is 0.750 bits per heavy atom. The molecular formula is C12H27DyO3. The predicted molar refractivity (Wildman–Crippen MR) is 59.3 cm³/mol. The standard InChI is InChI=1S/3C4H9O.Dy/c3*1-2-3-4-5;/h3*2-4H2,1H3;/q3*-1;+3. The molecule has 1 radical (unpaired) electrons. The van der Waals surface area contributed by atoms with Crippen LogP contribution in [0.4, 0.5) is 0 Å². The molecule has 0 atom stereocenters. The van der Waals surface area contributed by atoms with Crippen molar-refractivity contribution in [2.75, 3.05) is 19.8 Å². The third-order valence-corrected chi connectivity index (χ3v) is 1.49. The zero-order valence-corrected chi connectivity index (χ0v) is 12.9. The molecule has 4 heteroatoms. The molecule has 0 aromatic rings. The number of hydrogen-bond donors (Lipinski definition) is 0. The average Bonchev–Trinajstić information content (AvgIpc) is 2.23. The van der Waals surface area contributed by atoms with E-state index in [-0.39, 0.29) is 58.0 Å². The van der Waals surface area contributed by atoms with Crippen molar-refractivity contribution in [3.63, 3.8) is 0 Å². The first kappa shape index (κ1) is 25.9. The Morgan fingerprint density at radius 2 is 0.750 bits per heavy atom. The summed E-state index contributed by atoms with van der Waals surface area (Å²) in [4.78, 5) is 0. The third kappa shape index (κ3) is 59.3. The largest absolute Gasteiger partial charge is 3.00 e. The Bertz CT molecular complexity index is 53.0. The fourth-order valence-electron chi connectivity index (χ4n) is 0.433. The van der Waals surface area contributed by atoms with Gasteiger partial charge in [0.05, 0.1) is 0 Å². The van der Waals surface area contributed by atoms with Crippen LogP contribution in [0.5, 0.6) is 0 Å². The smallest absolute Gasteiger partial charge is 0.854 e. The van der Waals surface area contributed by atoms with E-state index in [9.17, 15) is 15.3 Å². The van der Waals surface area contributed by atoms with E-state index in [0.717, 1.165) is 38.5 Å². The maximum atomic E-state index is 9.53. The Balaban J connectivity index is -0.0000000655. The van der Waals surface area contributed by atoms with Crippen LogP contribution in [0.2, 0.25) is 0 Å². The van der Waals surface area contributed by atoms with Crippen molar-refractivity contribution in [2.24, 2.45) is 0 Å². The van der Waals surface area contributed by atoms with Gasteiger partial charge in [-0.25, -0.2) is 0 Å². The van der Waals surface area contributed by atoms with E-state index in [1.807, 2.05) is 20.8 Å². The molecule has 0 unspecified atom stereocenters. The van der Waals surface area contributed by atoms with Crippen LogP contribution in [0.15, 0.2) is 0 Å². The molecule has 0 rings (SSSR count). The van der Waals surface area contributed by atoms with E-state index in [4.69, 9.17) is 0 Å². The number of hydrogen-bond acceptors (Lipinski definition) is 3. The number of rotatable bonds is 6. The van der Waals surface area contributed by atoms with Gasteiger partial charge in [-0.1, -0.05) is 59.3 Å². The summed E-state index contributed by atoms with van der Waals surface area (Å²) in [6.45, 7) is 6.32. The predicted octanol–water partition coefficient (Wildman–Crippen LogP) is 0.440. The Hall–Kier alpha value is 1.15. The molecule has 0 aliphatic heterocycles. The van der Waals surface area contributed by atoms with Gasteiger partial charge in [0.25, 0.3) is 0 Å². The van der Waals surface area contributed by atoms with Crippen LogP contribution in [0.3, 0.4) is 0 Å². The van der Waals surface area contributed by atoms with Gasteiger partial charge in [0.1, 0.15) is 0 Å². The second kappa shape index (κ2) is 36.0. The van der Waals surface area contributed by atoms with Crippen LogP contribution in [0.1, 0.15) is 59.3 Å². The quantitative estimate of drug-likeness (QED) is 0.670. The maximum absolute atomic E-state index is 9.53. The molecule has 0 fully saturated rings. The van der Waals surface area contributed by atoms with Gasteiger partial charge in [-0.2, -0.15) is 0 Å². The van der Waals surface area contributed by atoms with Crippen molar-refractivity contribution in [1.82, 2.24) is 0 Å². The van der Waals surface area contributed by atoms with Gasteiger partial charge >= 0.3 is 38.2 Å². The first-order valence-corrected chi connectivity index (χ1v) is 5.99. The Kier molecular flexibility index (Phi) is 58.2. The monoisotopic (exact) mass is 383 g/mol. The van der Waals surface area contributed by atoms with Crippen molar-refractivity contribution in [3.05, 3.63) is 0 Å². The first-order valence-electron chi connectivity index (χ1n) is 5.99. The molecule has 0 spiro atoms. The average molecular weight is 382 g/mol. The van der Waals surface area contributed by atoms with E-state index in [1.165, 1.54) is 0 Å². The second-order valence-electron chi connectivity index (χ2n) is 3.17. The summed E-state index contributed by atoms with van der Waals surface area (Å²) in [5, 5.41) is 28.6. The van der Waals surface area contributed by atoms with Crippen molar-refractivity contribution in [2.45, 2.75) is 59.3 Å². The zero-order chi connectivity index (χ0) is 12.4. The summed E-state index contributed by atoms with van der Waals surface area (Å²) in [5.74, 6) is 0. The molecule has 3 nitrogen and oxygen atoms in total. The van der Waals surface area contributed by atoms with Gasteiger partial charge in [-0.05, 0) is 0 Å². The molecule has 0 bridgehead atoms. The topological polar surface area (TPSA) is 69.2 Å². The first-order chi connectivity index (χ1) is 7.24. The van der Waals surface area contributed by atoms with Gasteiger partial charge in [-0.3, -0.25) is 0 Å². The fourth-order valence-corrected chi connectivity index (χ4v) is 0.433. The van der Waals surface area contributed by atoms with Gasteiger partial charge in [0.15, 0.2) is 0 Å². The van der Waals surface area contributed by atoms with Crippen LogP contribution in [-0.4, -0.2) is 19.8 Å². The van der Waals surface area contributed by atoms with Crippen LogP contribution in [-0.2, 0) is 0 Å². The molecule has 0 N–H and O–H groups in total. The SMILES string of the molecule is CCCC[O-].CCCC[O-].CCCC[O-].[Dy+3]. The minimum Gasteiger partial charge on any atom is -0.854 e.